The average Bonchev–Trinajstić information content (AvgIpc) is 3.26. The van der Waals surface area contributed by atoms with E-state index < -0.39 is 0 Å². The van der Waals surface area contributed by atoms with E-state index in [4.69, 9.17) is 14.2 Å². The van der Waals surface area contributed by atoms with Gasteiger partial charge in [-0.1, -0.05) is 24.3 Å². The highest BCUT2D eigenvalue weighted by molar-refractivity contribution is 5.95. The summed E-state index contributed by atoms with van der Waals surface area (Å²) in [7, 11) is 4.71. The maximum atomic E-state index is 12.7. The molecule has 3 aromatic carbocycles. The molecule has 4 rings (SSSR count). The number of imidazole rings is 1. The van der Waals surface area contributed by atoms with Crippen molar-refractivity contribution in [1.29, 1.82) is 0 Å². The Morgan fingerprint density at radius 3 is 2.31 bits per heavy atom. The molecule has 0 saturated heterocycles. The molecule has 0 aliphatic rings. The number of hydrogen-bond acceptors (Lipinski definition) is 5. The molecule has 0 atom stereocenters. The molecular weight excluding hydrogens is 406 g/mol. The van der Waals surface area contributed by atoms with Crippen molar-refractivity contribution in [3.8, 4) is 28.6 Å². The van der Waals surface area contributed by atoms with E-state index in [-0.39, 0.29) is 5.91 Å². The number of amides is 1. The molecule has 7 heteroatoms. The van der Waals surface area contributed by atoms with Gasteiger partial charge in [0.15, 0.2) is 11.5 Å². The van der Waals surface area contributed by atoms with Gasteiger partial charge in [-0.05, 0) is 48.4 Å². The van der Waals surface area contributed by atoms with Gasteiger partial charge in [0.1, 0.15) is 5.82 Å². The van der Waals surface area contributed by atoms with Crippen LogP contribution in [0.2, 0.25) is 0 Å². The fourth-order valence-electron chi connectivity index (χ4n) is 3.63. The second-order valence-corrected chi connectivity index (χ2v) is 7.23. The Bertz CT molecular complexity index is 1190. The molecule has 0 bridgehead atoms. The predicted molar refractivity (Wildman–Crippen MR) is 125 cm³/mol. The Hall–Kier alpha value is -4.00. The average molecular weight is 431 g/mol. The summed E-state index contributed by atoms with van der Waals surface area (Å²) in [4.78, 5) is 20.7. The molecule has 0 spiro atoms. The van der Waals surface area contributed by atoms with Gasteiger partial charge in [-0.3, -0.25) is 4.79 Å². The zero-order valence-electron chi connectivity index (χ0n) is 18.3. The van der Waals surface area contributed by atoms with Crippen LogP contribution in [0.25, 0.3) is 22.4 Å². The van der Waals surface area contributed by atoms with Crippen molar-refractivity contribution in [3.05, 3.63) is 66.2 Å². The van der Waals surface area contributed by atoms with Crippen LogP contribution in [0.15, 0.2) is 60.7 Å². The van der Waals surface area contributed by atoms with Crippen molar-refractivity contribution < 1.29 is 19.0 Å². The van der Waals surface area contributed by atoms with E-state index >= 15 is 0 Å². The molecule has 7 nitrogen and oxygen atoms in total. The standard InChI is InChI=1S/C25H25N3O4/c1-30-21-14-16(15-22(31-2)24(21)32-3)12-13-23(29)26-18-9-5-4-8-17(18)25-27-19-10-6-7-11-20(19)28-25/h4-11,14-15H,12-13H2,1-3H3,(H,26,29)(H,27,28). The maximum absolute atomic E-state index is 12.7. The fourth-order valence-corrected chi connectivity index (χ4v) is 3.63. The summed E-state index contributed by atoms with van der Waals surface area (Å²) in [5.41, 5.74) is 4.29. The molecule has 0 aliphatic carbocycles. The van der Waals surface area contributed by atoms with Crippen LogP contribution < -0.4 is 19.5 Å². The number of methoxy groups -OCH3 is 3. The number of aromatic nitrogens is 2. The number of aryl methyl sites for hydroxylation is 1. The number of aromatic amines is 1. The van der Waals surface area contributed by atoms with Gasteiger partial charge in [0.25, 0.3) is 0 Å². The van der Waals surface area contributed by atoms with Gasteiger partial charge in [0.2, 0.25) is 11.7 Å². The number of anilines is 1. The summed E-state index contributed by atoms with van der Waals surface area (Å²) < 4.78 is 16.1. The van der Waals surface area contributed by atoms with Crippen LogP contribution in [0.5, 0.6) is 17.2 Å². The third-order valence-corrected chi connectivity index (χ3v) is 5.21. The van der Waals surface area contributed by atoms with Crippen LogP contribution in [0.3, 0.4) is 0 Å². The molecule has 0 saturated carbocycles. The summed E-state index contributed by atoms with van der Waals surface area (Å²) >= 11 is 0. The Balaban J connectivity index is 1.50. The van der Waals surface area contributed by atoms with Crippen molar-refractivity contribution in [3.63, 3.8) is 0 Å². The SMILES string of the molecule is COc1cc(CCC(=O)Nc2ccccc2-c2nc3ccccc3[nH]2)cc(OC)c1OC. The summed E-state index contributed by atoms with van der Waals surface area (Å²) in [5, 5.41) is 3.02. The molecular formula is C25H25N3O4. The smallest absolute Gasteiger partial charge is 0.224 e. The number of benzene rings is 3. The lowest BCUT2D eigenvalue weighted by Crippen LogP contribution is -2.13. The van der Waals surface area contributed by atoms with Gasteiger partial charge in [-0.15, -0.1) is 0 Å². The van der Waals surface area contributed by atoms with Crippen LogP contribution in [0, 0.1) is 0 Å². The van der Waals surface area contributed by atoms with Crippen molar-refractivity contribution >= 4 is 22.6 Å². The first-order chi connectivity index (χ1) is 15.6. The van der Waals surface area contributed by atoms with E-state index in [1.807, 2.05) is 60.7 Å². The molecule has 0 unspecified atom stereocenters. The Morgan fingerprint density at radius 2 is 1.62 bits per heavy atom. The number of para-hydroxylation sites is 3. The number of hydrogen-bond donors (Lipinski definition) is 2. The van der Waals surface area contributed by atoms with Gasteiger partial charge in [-0.2, -0.15) is 0 Å². The number of fused-ring (bicyclic) bond motifs is 1. The topological polar surface area (TPSA) is 85.5 Å². The zero-order valence-corrected chi connectivity index (χ0v) is 18.3. The quantitative estimate of drug-likeness (QED) is 0.417. The number of ether oxygens (including phenoxy) is 3. The van der Waals surface area contributed by atoms with Crippen LogP contribution >= 0.6 is 0 Å². The maximum Gasteiger partial charge on any atom is 0.224 e. The molecule has 0 fully saturated rings. The zero-order chi connectivity index (χ0) is 22.5. The van der Waals surface area contributed by atoms with E-state index in [0.717, 1.165) is 22.2 Å². The summed E-state index contributed by atoms with van der Waals surface area (Å²) in [5.74, 6) is 2.28. The molecule has 1 heterocycles. The normalized spacial score (nSPS) is 10.7. The third-order valence-electron chi connectivity index (χ3n) is 5.21. The van der Waals surface area contributed by atoms with Gasteiger partial charge in [0, 0.05) is 12.0 Å². The Labute approximate surface area is 186 Å². The summed E-state index contributed by atoms with van der Waals surface area (Å²) in [6.45, 7) is 0. The van der Waals surface area contributed by atoms with Crippen LogP contribution in [0.1, 0.15) is 12.0 Å². The van der Waals surface area contributed by atoms with Crippen LogP contribution in [-0.4, -0.2) is 37.2 Å². The second kappa shape index (κ2) is 9.43. The van der Waals surface area contributed by atoms with Crippen molar-refractivity contribution in [1.82, 2.24) is 9.97 Å². The Morgan fingerprint density at radius 1 is 0.938 bits per heavy atom. The largest absolute Gasteiger partial charge is 0.493 e. The lowest BCUT2D eigenvalue weighted by molar-refractivity contribution is -0.116. The minimum Gasteiger partial charge on any atom is -0.493 e. The molecule has 2 N–H and O–H groups in total. The second-order valence-electron chi connectivity index (χ2n) is 7.23. The number of carbonyl (C=O) groups excluding carboxylic acids is 1. The van der Waals surface area contributed by atoms with Crippen molar-refractivity contribution in [2.45, 2.75) is 12.8 Å². The van der Waals surface area contributed by atoms with E-state index in [1.54, 1.807) is 21.3 Å². The minimum absolute atomic E-state index is 0.0951. The first-order valence-electron chi connectivity index (χ1n) is 10.3. The lowest BCUT2D eigenvalue weighted by atomic mass is 10.1. The highest BCUT2D eigenvalue weighted by atomic mass is 16.5. The van der Waals surface area contributed by atoms with Gasteiger partial charge in [-0.25, -0.2) is 4.98 Å². The van der Waals surface area contributed by atoms with Crippen molar-refractivity contribution in [2.75, 3.05) is 26.6 Å². The number of H-pyrrole nitrogens is 1. The van der Waals surface area contributed by atoms with E-state index in [2.05, 4.69) is 15.3 Å². The molecule has 4 aromatic rings. The highest BCUT2D eigenvalue weighted by Crippen LogP contribution is 2.38. The lowest BCUT2D eigenvalue weighted by Gasteiger charge is -2.14. The summed E-state index contributed by atoms with van der Waals surface area (Å²) in [6.07, 6.45) is 0.822. The molecule has 1 amide bonds. The number of carbonyl (C=O) groups is 1. The number of rotatable bonds is 8. The van der Waals surface area contributed by atoms with Crippen molar-refractivity contribution in [2.24, 2.45) is 0 Å². The van der Waals surface area contributed by atoms with E-state index in [0.29, 0.717) is 41.6 Å². The van der Waals surface area contributed by atoms with Gasteiger partial charge in [0.05, 0.1) is 38.1 Å². The molecule has 0 aliphatic heterocycles. The van der Waals surface area contributed by atoms with Gasteiger partial charge < -0.3 is 24.5 Å². The first kappa shape index (κ1) is 21.2. The predicted octanol–water partition coefficient (Wildman–Crippen LogP) is 4.83. The molecule has 0 radical (unpaired) electrons. The van der Waals surface area contributed by atoms with E-state index in [1.165, 1.54) is 0 Å². The van der Waals surface area contributed by atoms with E-state index in [9.17, 15) is 4.79 Å². The van der Waals surface area contributed by atoms with Crippen LogP contribution in [-0.2, 0) is 11.2 Å². The Kier molecular flexibility index (Phi) is 6.26. The number of nitrogens with zero attached hydrogens (tertiary/aromatic N) is 1. The molecule has 164 valence electrons. The highest BCUT2D eigenvalue weighted by Gasteiger charge is 2.15. The number of nitrogens with one attached hydrogen (secondary N) is 2. The first-order valence-corrected chi connectivity index (χ1v) is 10.3. The third kappa shape index (κ3) is 4.37. The fraction of sp³-hybridized carbons (Fsp3) is 0.200. The minimum atomic E-state index is -0.0951. The van der Waals surface area contributed by atoms with Crippen LogP contribution in [0.4, 0.5) is 5.69 Å². The summed E-state index contributed by atoms with van der Waals surface area (Å²) in [6, 6.07) is 19.2. The molecule has 32 heavy (non-hydrogen) atoms. The van der Waals surface area contributed by atoms with Gasteiger partial charge >= 0.3 is 0 Å². The monoisotopic (exact) mass is 431 g/mol. The molecule has 1 aromatic heterocycles.